The van der Waals surface area contributed by atoms with Gasteiger partial charge in [-0.1, -0.05) is 6.92 Å². The number of piperidine rings is 1. The van der Waals surface area contributed by atoms with Gasteiger partial charge in [-0.25, -0.2) is 8.42 Å². The highest BCUT2D eigenvalue weighted by Crippen LogP contribution is 2.28. The molecule has 162 valence electrons. The second-order valence-electron chi connectivity index (χ2n) is 7.89. The molecule has 0 bridgehead atoms. The minimum Gasteiger partial charge on any atom is -0.364 e. The van der Waals surface area contributed by atoms with E-state index in [1.165, 1.54) is 10.4 Å². The second-order valence-corrected chi connectivity index (χ2v) is 9.80. The first-order valence-electron chi connectivity index (χ1n) is 9.80. The number of amides is 2. The summed E-state index contributed by atoms with van der Waals surface area (Å²) in [5.41, 5.74) is 7.35. The van der Waals surface area contributed by atoms with Crippen molar-refractivity contribution in [2.75, 3.05) is 18.4 Å². The highest BCUT2D eigenvalue weighted by molar-refractivity contribution is 7.89. The van der Waals surface area contributed by atoms with Crippen LogP contribution in [0.3, 0.4) is 0 Å². The smallest absolute Gasteiger partial charge is 0.271 e. The zero-order valence-corrected chi connectivity index (χ0v) is 18.4. The van der Waals surface area contributed by atoms with Gasteiger partial charge >= 0.3 is 0 Å². The number of carbonyl (C=O) groups is 2. The van der Waals surface area contributed by atoms with Gasteiger partial charge in [0.15, 0.2) is 5.69 Å². The number of H-pyrrole nitrogens is 1. The van der Waals surface area contributed by atoms with Crippen LogP contribution >= 0.6 is 0 Å². The van der Waals surface area contributed by atoms with Crippen LogP contribution in [0.1, 0.15) is 57.4 Å². The van der Waals surface area contributed by atoms with Crippen LogP contribution in [0.25, 0.3) is 0 Å². The summed E-state index contributed by atoms with van der Waals surface area (Å²) >= 11 is 0. The molecule has 4 N–H and O–H groups in total. The van der Waals surface area contributed by atoms with E-state index in [0.29, 0.717) is 35.8 Å². The molecule has 10 heteroatoms. The summed E-state index contributed by atoms with van der Waals surface area (Å²) in [5, 5.41) is 9.04. The molecule has 9 nitrogen and oxygen atoms in total. The number of hydrogen-bond acceptors (Lipinski definition) is 5. The number of rotatable bonds is 5. The molecule has 2 heterocycles. The average molecular weight is 434 g/mol. The van der Waals surface area contributed by atoms with Crippen molar-refractivity contribution in [1.29, 1.82) is 0 Å². The van der Waals surface area contributed by atoms with Gasteiger partial charge < -0.3 is 11.1 Å². The summed E-state index contributed by atoms with van der Waals surface area (Å²) in [4.78, 5) is 24.6. The molecule has 1 aliphatic heterocycles. The van der Waals surface area contributed by atoms with Gasteiger partial charge in [0.1, 0.15) is 0 Å². The molecule has 1 aromatic carbocycles. The normalized spacial score (nSPS) is 15.9. The van der Waals surface area contributed by atoms with Gasteiger partial charge in [0.2, 0.25) is 10.0 Å². The van der Waals surface area contributed by atoms with Gasteiger partial charge in [-0.05, 0) is 62.8 Å². The zero-order valence-electron chi connectivity index (χ0n) is 17.6. The van der Waals surface area contributed by atoms with Crippen LogP contribution in [0.2, 0.25) is 0 Å². The predicted octanol–water partition coefficient (Wildman–Crippen LogP) is 2.11. The Morgan fingerprint density at radius 1 is 1.20 bits per heavy atom. The SMILES string of the molecule is Cc1cc(C(=O)Nc2c(C(N)=O)n[nH]c2C)cc(S(=O)(=O)N2CCC(C)CC2)c1C. The Kier molecular flexibility index (Phi) is 6.00. The van der Waals surface area contributed by atoms with Crippen LogP contribution in [0.15, 0.2) is 17.0 Å². The average Bonchev–Trinajstić information content (AvgIpc) is 3.04. The first kappa shape index (κ1) is 22.0. The van der Waals surface area contributed by atoms with E-state index in [4.69, 9.17) is 5.73 Å². The molecule has 2 amide bonds. The van der Waals surface area contributed by atoms with E-state index in [0.717, 1.165) is 12.8 Å². The summed E-state index contributed by atoms with van der Waals surface area (Å²) in [6, 6.07) is 3.02. The van der Waals surface area contributed by atoms with Crippen LogP contribution in [0.5, 0.6) is 0 Å². The molecule has 0 saturated carbocycles. The number of nitrogens with two attached hydrogens (primary N) is 1. The number of primary amides is 1. The van der Waals surface area contributed by atoms with Crippen molar-refractivity contribution in [3.8, 4) is 0 Å². The Labute approximate surface area is 176 Å². The van der Waals surface area contributed by atoms with Crippen molar-refractivity contribution in [2.45, 2.75) is 45.4 Å². The fourth-order valence-corrected chi connectivity index (χ4v) is 5.33. The third kappa shape index (κ3) is 4.10. The van der Waals surface area contributed by atoms with Gasteiger partial charge in [-0.3, -0.25) is 14.7 Å². The fraction of sp³-hybridized carbons (Fsp3) is 0.450. The van der Waals surface area contributed by atoms with Crippen molar-refractivity contribution in [3.05, 3.63) is 40.2 Å². The Morgan fingerprint density at radius 2 is 1.83 bits per heavy atom. The van der Waals surface area contributed by atoms with Crippen LogP contribution < -0.4 is 11.1 Å². The van der Waals surface area contributed by atoms with Crippen LogP contribution in [-0.4, -0.2) is 47.8 Å². The van der Waals surface area contributed by atoms with Crippen molar-refractivity contribution < 1.29 is 18.0 Å². The van der Waals surface area contributed by atoms with Gasteiger partial charge in [-0.2, -0.15) is 9.40 Å². The quantitative estimate of drug-likeness (QED) is 0.663. The lowest BCUT2D eigenvalue weighted by Gasteiger charge is -2.30. The van der Waals surface area contributed by atoms with Crippen molar-refractivity contribution >= 4 is 27.5 Å². The maximum Gasteiger partial charge on any atom is 0.271 e. The summed E-state index contributed by atoms with van der Waals surface area (Å²) in [6.07, 6.45) is 1.63. The molecule has 3 rings (SSSR count). The lowest BCUT2D eigenvalue weighted by atomic mass is 10.0. The maximum atomic E-state index is 13.3. The molecule has 1 aliphatic rings. The Bertz CT molecular complexity index is 1100. The monoisotopic (exact) mass is 433 g/mol. The molecule has 1 aromatic heterocycles. The van der Waals surface area contributed by atoms with Crippen molar-refractivity contribution in [1.82, 2.24) is 14.5 Å². The zero-order chi connectivity index (χ0) is 22.2. The summed E-state index contributed by atoms with van der Waals surface area (Å²) in [7, 11) is -3.73. The van der Waals surface area contributed by atoms with E-state index in [-0.39, 0.29) is 21.8 Å². The molecule has 2 aromatic rings. The number of sulfonamides is 1. The number of benzene rings is 1. The number of anilines is 1. The number of nitrogens with one attached hydrogen (secondary N) is 2. The molecule has 0 spiro atoms. The molecular weight excluding hydrogens is 406 g/mol. The van der Waals surface area contributed by atoms with E-state index < -0.39 is 21.8 Å². The number of aromatic nitrogens is 2. The highest BCUT2D eigenvalue weighted by Gasteiger charge is 2.30. The minimum atomic E-state index is -3.73. The maximum absolute atomic E-state index is 13.3. The third-order valence-electron chi connectivity index (χ3n) is 5.66. The standard InChI is InChI=1S/C20H27N5O4S/c1-11-5-7-25(8-6-11)30(28,29)16-10-15(9-12(2)13(16)3)20(27)22-17-14(4)23-24-18(17)19(21)26/h9-11H,5-8H2,1-4H3,(H2,21,26)(H,22,27)(H,23,24). The molecule has 0 atom stereocenters. The molecule has 1 saturated heterocycles. The molecule has 1 fully saturated rings. The predicted molar refractivity (Wildman–Crippen MR) is 113 cm³/mol. The van der Waals surface area contributed by atoms with Gasteiger partial charge in [0.05, 0.1) is 16.3 Å². The van der Waals surface area contributed by atoms with E-state index in [9.17, 15) is 18.0 Å². The fourth-order valence-electron chi connectivity index (χ4n) is 3.54. The molecular formula is C20H27N5O4S. The largest absolute Gasteiger partial charge is 0.364 e. The van der Waals surface area contributed by atoms with Crippen molar-refractivity contribution in [2.24, 2.45) is 11.7 Å². The number of aryl methyl sites for hydroxylation is 2. The summed E-state index contributed by atoms with van der Waals surface area (Å²) < 4.78 is 28.0. The van der Waals surface area contributed by atoms with Crippen LogP contribution in [-0.2, 0) is 10.0 Å². The topological polar surface area (TPSA) is 138 Å². The Morgan fingerprint density at radius 3 is 2.43 bits per heavy atom. The van der Waals surface area contributed by atoms with Gasteiger partial charge in [0.25, 0.3) is 11.8 Å². The van der Waals surface area contributed by atoms with E-state index in [2.05, 4.69) is 22.4 Å². The lowest BCUT2D eigenvalue weighted by Crippen LogP contribution is -2.38. The Balaban J connectivity index is 1.96. The lowest BCUT2D eigenvalue weighted by molar-refractivity contribution is 0.0996. The second kappa shape index (κ2) is 8.19. The molecule has 30 heavy (non-hydrogen) atoms. The molecule has 0 radical (unpaired) electrons. The Hall–Kier alpha value is -2.72. The van der Waals surface area contributed by atoms with E-state index in [1.54, 1.807) is 26.8 Å². The number of aromatic amines is 1. The van der Waals surface area contributed by atoms with Gasteiger partial charge in [-0.15, -0.1) is 0 Å². The summed E-state index contributed by atoms with van der Waals surface area (Å²) in [6.45, 7) is 8.19. The van der Waals surface area contributed by atoms with E-state index >= 15 is 0 Å². The summed E-state index contributed by atoms with van der Waals surface area (Å²) in [5.74, 6) is -0.833. The first-order chi connectivity index (χ1) is 14.0. The van der Waals surface area contributed by atoms with Crippen LogP contribution in [0, 0.1) is 26.7 Å². The van der Waals surface area contributed by atoms with E-state index in [1.807, 2.05) is 0 Å². The highest BCUT2D eigenvalue weighted by atomic mass is 32.2. The van der Waals surface area contributed by atoms with Gasteiger partial charge in [0, 0.05) is 18.7 Å². The number of carbonyl (C=O) groups excluding carboxylic acids is 2. The third-order valence-corrected chi connectivity index (χ3v) is 7.69. The number of hydrogen-bond donors (Lipinski definition) is 3. The van der Waals surface area contributed by atoms with Crippen LogP contribution in [0.4, 0.5) is 5.69 Å². The number of nitrogens with zero attached hydrogens (tertiary/aromatic N) is 2. The molecule has 0 unspecified atom stereocenters. The molecule has 0 aliphatic carbocycles. The first-order valence-corrected chi connectivity index (χ1v) is 11.2. The van der Waals surface area contributed by atoms with Crippen molar-refractivity contribution in [3.63, 3.8) is 0 Å². The minimum absolute atomic E-state index is 0.0834.